The lowest BCUT2D eigenvalue weighted by Crippen LogP contribution is -2.52. The Labute approximate surface area is 234 Å². The average Bonchev–Trinajstić information content (AvgIpc) is 3.48. The lowest BCUT2D eigenvalue weighted by molar-refractivity contribution is -0.164. The third-order valence-electron chi connectivity index (χ3n) is 7.92. The molecule has 1 aromatic heterocycles. The topological polar surface area (TPSA) is 94.5 Å². The molecule has 6 rings (SSSR count). The van der Waals surface area contributed by atoms with Crippen molar-refractivity contribution in [3.05, 3.63) is 101 Å². The molecule has 7 nitrogen and oxygen atoms in total. The zero-order chi connectivity index (χ0) is 28.4. The van der Waals surface area contributed by atoms with Crippen LogP contribution in [-0.4, -0.2) is 29.9 Å². The van der Waals surface area contributed by atoms with Gasteiger partial charge in [0.25, 0.3) is 10.0 Å². The van der Waals surface area contributed by atoms with Crippen LogP contribution >= 0.6 is 0 Å². The van der Waals surface area contributed by atoms with Crippen LogP contribution in [0.25, 0.3) is 10.9 Å². The number of carbonyl (C=O) groups excluding carboxylic acids is 2. The first-order chi connectivity index (χ1) is 19.0. The Morgan fingerprint density at radius 2 is 1.65 bits per heavy atom. The standard InChI is InChI=1S/C32H32N2O5S/c1-19-13-15-22(16-14-19)40(37,38)34-25-12-8-6-10-21(25)18-26(34)29-28(31(36)39-32(2,3)4)27-23-11-7-5-9-20(23)17-24(27)30(35)33-29/h5-16,18,24,27-29H,17H2,1-4H3,(H,33,35)/t24-,27-,28+,29+/m0/s1. The third-order valence-corrected chi connectivity index (χ3v) is 9.67. The summed E-state index contributed by atoms with van der Waals surface area (Å²) in [6, 6.07) is 22.5. The van der Waals surface area contributed by atoms with Crippen LogP contribution in [0.2, 0.25) is 0 Å². The van der Waals surface area contributed by atoms with Gasteiger partial charge < -0.3 is 10.1 Å². The minimum absolute atomic E-state index is 0.126. The predicted molar refractivity (Wildman–Crippen MR) is 152 cm³/mol. The van der Waals surface area contributed by atoms with Gasteiger partial charge >= 0.3 is 5.97 Å². The van der Waals surface area contributed by atoms with Crippen LogP contribution in [0.5, 0.6) is 0 Å². The van der Waals surface area contributed by atoms with E-state index in [9.17, 15) is 18.0 Å². The molecular weight excluding hydrogens is 524 g/mol. The van der Waals surface area contributed by atoms with Gasteiger partial charge in [-0.05, 0) is 69.5 Å². The first-order valence-corrected chi connectivity index (χ1v) is 14.9. The SMILES string of the molecule is Cc1ccc(S(=O)(=O)n2c([C@H]3NC(=O)[C@H]4Cc5ccccc5[C@@H]4[C@H]3C(=O)OC(C)(C)C)cc3ccccc32)cc1. The van der Waals surface area contributed by atoms with Gasteiger partial charge in [0.15, 0.2) is 0 Å². The molecule has 8 heteroatoms. The smallest absolute Gasteiger partial charge is 0.312 e. The van der Waals surface area contributed by atoms with E-state index in [0.717, 1.165) is 16.7 Å². The molecule has 0 bridgehead atoms. The third kappa shape index (κ3) is 4.31. The summed E-state index contributed by atoms with van der Waals surface area (Å²) in [6.07, 6.45) is 0.517. The summed E-state index contributed by atoms with van der Waals surface area (Å²) in [7, 11) is -4.09. The van der Waals surface area contributed by atoms with Crippen molar-refractivity contribution in [1.82, 2.24) is 9.29 Å². The average molecular weight is 557 g/mol. The number of rotatable bonds is 4. The number of hydrogen-bond acceptors (Lipinski definition) is 5. The van der Waals surface area contributed by atoms with E-state index in [2.05, 4.69) is 5.32 Å². The summed E-state index contributed by atoms with van der Waals surface area (Å²) in [5.41, 5.74) is 2.93. The maximum absolute atomic E-state index is 14.2. The Bertz CT molecular complexity index is 1750. The van der Waals surface area contributed by atoms with Crippen molar-refractivity contribution in [3.63, 3.8) is 0 Å². The molecule has 2 heterocycles. The highest BCUT2D eigenvalue weighted by molar-refractivity contribution is 7.90. The molecule has 0 saturated carbocycles. The van der Waals surface area contributed by atoms with Crippen LogP contribution in [0.1, 0.15) is 55.1 Å². The zero-order valence-electron chi connectivity index (χ0n) is 22.9. The quantitative estimate of drug-likeness (QED) is 0.346. The fourth-order valence-electron chi connectivity index (χ4n) is 6.24. The van der Waals surface area contributed by atoms with Crippen molar-refractivity contribution >= 4 is 32.8 Å². The number of para-hydroxylation sites is 1. The first kappa shape index (κ1) is 26.3. The second-order valence-corrected chi connectivity index (χ2v) is 13.6. The fourth-order valence-corrected chi connectivity index (χ4v) is 7.80. The molecule has 4 aromatic rings. The Kier molecular flexibility index (Phi) is 6.14. The molecule has 1 amide bonds. The second kappa shape index (κ2) is 9.34. The van der Waals surface area contributed by atoms with E-state index in [4.69, 9.17) is 4.74 Å². The normalized spacial score (nSPS) is 22.4. The number of aryl methyl sites for hydroxylation is 1. The van der Waals surface area contributed by atoms with Crippen LogP contribution in [0.4, 0.5) is 0 Å². The van der Waals surface area contributed by atoms with Crippen LogP contribution in [0.3, 0.4) is 0 Å². The Balaban J connectivity index is 1.58. The van der Waals surface area contributed by atoms with Crippen LogP contribution in [-0.2, 0) is 30.8 Å². The van der Waals surface area contributed by atoms with E-state index in [-0.39, 0.29) is 10.8 Å². The Morgan fingerprint density at radius 1 is 0.975 bits per heavy atom. The van der Waals surface area contributed by atoms with Gasteiger partial charge in [-0.3, -0.25) is 9.59 Å². The maximum atomic E-state index is 14.2. The number of esters is 1. The maximum Gasteiger partial charge on any atom is 0.312 e. The monoisotopic (exact) mass is 556 g/mol. The number of hydrogen-bond donors (Lipinski definition) is 1. The molecule has 1 aliphatic carbocycles. The van der Waals surface area contributed by atoms with E-state index >= 15 is 0 Å². The molecular formula is C32H32N2O5S. The number of amides is 1. The molecule has 0 radical (unpaired) electrons. The summed E-state index contributed by atoms with van der Waals surface area (Å²) in [5.74, 6) is -2.39. The van der Waals surface area contributed by atoms with Crippen molar-refractivity contribution in [2.75, 3.05) is 0 Å². The summed E-state index contributed by atoms with van der Waals surface area (Å²) in [6.45, 7) is 7.31. The summed E-state index contributed by atoms with van der Waals surface area (Å²) >= 11 is 0. The number of benzene rings is 3. The number of nitrogens with zero attached hydrogens (tertiary/aromatic N) is 1. The molecule has 4 atom stereocenters. The van der Waals surface area contributed by atoms with Gasteiger partial charge in [0.2, 0.25) is 5.91 Å². The molecule has 1 saturated heterocycles. The molecule has 3 aromatic carbocycles. The van der Waals surface area contributed by atoms with Crippen molar-refractivity contribution in [2.45, 2.75) is 56.6 Å². The van der Waals surface area contributed by atoms with Crippen LogP contribution in [0.15, 0.2) is 83.8 Å². The molecule has 40 heavy (non-hydrogen) atoms. The molecule has 2 aliphatic rings. The lowest BCUT2D eigenvalue weighted by atomic mass is 9.73. The Morgan fingerprint density at radius 3 is 2.38 bits per heavy atom. The number of piperidine rings is 1. The molecule has 1 fully saturated rings. The van der Waals surface area contributed by atoms with E-state index in [1.165, 1.54) is 3.97 Å². The van der Waals surface area contributed by atoms with Gasteiger partial charge in [-0.15, -0.1) is 0 Å². The van der Waals surface area contributed by atoms with Gasteiger partial charge in [-0.25, -0.2) is 12.4 Å². The van der Waals surface area contributed by atoms with E-state index in [0.29, 0.717) is 23.0 Å². The lowest BCUT2D eigenvalue weighted by Gasteiger charge is -2.40. The number of nitrogens with one attached hydrogen (secondary N) is 1. The summed E-state index contributed by atoms with van der Waals surface area (Å²) in [5, 5.41) is 3.76. The first-order valence-electron chi connectivity index (χ1n) is 13.5. The Hall–Kier alpha value is -3.91. The molecule has 0 spiro atoms. The van der Waals surface area contributed by atoms with Crippen LogP contribution < -0.4 is 5.32 Å². The van der Waals surface area contributed by atoms with Crippen molar-refractivity contribution in [1.29, 1.82) is 0 Å². The van der Waals surface area contributed by atoms with Gasteiger partial charge in [-0.1, -0.05) is 60.2 Å². The minimum atomic E-state index is -4.09. The predicted octanol–water partition coefficient (Wildman–Crippen LogP) is 5.27. The van der Waals surface area contributed by atoms with Crippen molar-refractivity contribution < 1.29 is 22.7 Å². The number of aromatic nitrogens is 1. The van der Waals surface area contributed by atoms with Crippen molar-refractivity contribution in [2.24, 2.45) is 11.8 Å². The van der Waals surface area contributed by atoms with Gasteiger partial charge in [0.05, 0.1) is 28.1 Å². The molecule has 1 N–H and O–H groups in total. The molecule has 0 unspecified atom stereocenters. The van der Waals surface area contributed by atoms with Crippen molar-refractivity contribution in [3.8, 4) is 0 Å². The van der Waals surface area contributed by atoms with E-state index in [1.807, 2.05) is 43.3 Å². The van der Waals surface area contributed by atoms with E-state index in [1.54, 1.807) is 63.2 Å². The highest BCUT2D eigenvalue weighted by Gasteiger charge is 2.54. The minimum Gasteiger partial charge on any atom is -0.460 e. The highest BCUT2D eigenvalue weighted by Crippen LogP contribution is 2.51. The number of carbonyl (C=O) groups is 2. The van der Waals surface area contributed by atoms with E-state index < -0.39 is 45.4 Å². The van der Waals surface area contributed by atoms with Gasteiger partial charge in [0, 0.05) is 17.2 Å². The van der Waals surface area contributed by atoms with Crippen LogP contribution in [0, 0.1) is 18.8 Å². The largest absolute Gasteiger partial charge is 0.460 e. The van der Waals surface area contributed by atoms with Gasteiger partial charge in [-0.2, -0.15) is 0 Å². The molecule has 1 aliphatic heterocycles. The zero-order valence-corrected chi connectivity index (χ0v) is 23.7. The summed E-state index contributed by atoms with van der Waals surface area (Å²) in [4.78, 5) is 27.8. The fraction of sp³-hybridized carbons (Fsp3) is 0.312. The number of ether oxygens (including phenoxy) is 1. The second-order valence-electron chi connectivity index (χ2n) is 11.8. The van der Waals surface area contributed by atoms with Gasteiger partial charge in [0.1, 0.15) is 5.60 Å². The molecule has 206 valence electrons. The highest BCUT2D eigenvalue weighted by atomic mass is 32.2. The summed E-state index contributed by atoms with van der Waals surface area (Å²) < 4.78 is 35.7. The number of fused-ring (bicyclic) bond motifs is 4.